The Balaban J connectivity index is 1.98. The number of hydrogen-bond acceptors (Lipinski definition) is 3. The van der Waals surface area contributed by atoms with Crippen LogP contribution in [0.2, 0.25) is 4.34 Å². The Labute approximate surface area is 116 Å². The number of halogens is 2. The van der Waals surface area contributed by atoms with Crippen molar-refractivity contribution >= 4 is 44.8 Å². The van der Waals surface area contributed by atoms with Gasteiger partial charge in [0, 0.05) is 16.6 Å². The molecule has 17 heavy (non-hydrogen) atoms. The second-order valence-electron chi connectivity index (χ2n) is 3.26. The van der Waals surface area contributed by atoms with Gasteiger partial charge < -0.3 is 5.32 Å². The SMILES string of the molecule is O=C(NCc1ccc(Cl)s1)c1ccnc(Br)c1. The van der Waals surface area contributed by atoms with Crippen LogP contribution in [-0.2, 0) is 6.54 Å². The van der Waals surface area contributed by atoms with Gasteiger partial charge in [-0.25, -0.2) is 4.98 Å². The summed E-state index contributed by atoms with van der Waals surface area (Å²) in [5.74, 6) is -0.127. The maximum atomic E-state index is 11.8. The molecule has 0 fully saturated rings. The first-order valence-corrected chi connectivity index (χ1v) is 6.78. The van der Waals surface area contributed by atoms with Crippen molar-refractivity contribution < 1.29 is 4.79 Å². The summed E-state index contributed by atoms with van der Waals surface area (Å²) in [5, 5.41) is 2.82. The zero-order chi connectivity index (χ0) is 12.3. The molecule has 0 saturated carbocycles. The van der Waals surface area contributed by atoms with Crippen LogP contribution in [0.3, 0.4) is 0 Å². The fourth-order valence-electron chi connectivity index (χ4n) is 1.26. The molecule has 6 heteroatoms. The Morgan fingerprint density at radius 1 is 1.47 bits per heavy atom. The number of carbonyl (C=O) groups excluding carboxylic acids is 1. The van der Waals surface area contributed by atoms with E-state index in [-0.39, 0.29) is 5.91 Å². The first-order chi connectivity index (χ1) is 8.15. The molecule has 1 amide bonds. The maximum absolute atomic E-state index is 11.8. The lowest BCUT2D eigenvalue weighted by molar-refractivity contribution is 0.0951. The number of thiophene rings is 1. The summed E-state index contributed by atoms with van der Waals surface area (Å²) in [6.07, 6.45) is 1.58. The fraction of sp³-hybridized carbons (Fsp3) is 0.0909. The lowest BCUT2D eigenvalue weighted by Crippen LogP contribution is -2.22. The maximum Gasteiger partial charge on any atom is 0.251 e. The lowest BCUT2D eigenvalue weighted by atomic mass is 10.2. The van der Waals surface area contributed by atoms with Crippen LogP contribution in [0.15, 0.2) is 35.1 Å². The van der Waals surface area contributed by atoms with Crippen molar-refractivity contribution in [3.63, 3.8) is 0 Å². The van der Waals surface area contributed by atoms with E-state index in [0.717, 1.165) is 9.21 Å². The summed E-state index contributed by atoms with van der Waals surface area (Å²) in [5.41, 5.74) is 0.578. The molecule has 0 aliphatic rings. The predicted molar refractivity (Wildman–Crippen MR) is 72.4 cm³/mol. The minimum absolute atomic E-state index is 0.127. The molecule has 0 atom stereocenters. The van der Waals surface area contributed by atoms with Crippen molar-refractivity contribution in [2.24, 2.45) is 0 Å². The van der Waals surface area contributed by atoms with E-state index in [2.05, 4.69) is 26.2 Å². The Hall–Kier alpha value is -0.910. The summed E-state index contributed by atoms with van der Waals surface area (Å²) in [7, 11) is 0. The number of pyridine rings is 1. The highest BCUT2D eigenvalue weighted by Crippen LogP contribution is 2.21. The number of hydrogen-bond donors (Lipinski definition) is 1. The number of carbonyl (C=O) groups is 1. The van der Waals surface area contributed by atoms with Crippen LogP contribution < -0.4 is 5.32 Å². The largest absolute Gasteiger partial charge is 0.347 e. The van der Waals surface area contributed by atoms with Crippen molar-refractivity contribution in [2.45, 2.75) is 6.54 Å². The zero-order valence-electron chi connectivity index (χ0n) is 8.61. The van der Waals surface area contributed by atoms with Gasteiger partial charge in [0.15, 0.2) is 0 Å². The van der Waals surface area contributed by atoms with Gasteiger partial charge in [-0.2, -0.15) is 0 Å². The van der Waals surface area contributed by atoms with E-state index < -0.39 is 0 Å². The molecule has 0 radical (unpaired) electrons. The van der Waals surface area contributed by atoms with Crippen LogP contribution in [0.25, 0.3) is 0 Å². The van der Waals surface area contributed by atoms with Gasteiger partial charge in [0.1, 0.15) is 4.60 Å². The van der Waals surface area contributed by atoms with Gasteiger partial charge in [-0.3, -0.25) is 4.79 Å². The summed E-state index contributed by atoms with van der Waals surface area (Å²) in [6.45, 7) is 0.482. The molecule has 0 saturated heterocycles. The van der Waals surface area contributed by atoms with Crippen LogP contribution >= 0.6 is 38.9 Å². The number of nitrogens with one attached hydrogen (secondary N) is 1. The summed E-state index contributed by atoms with van der Waals surface area (Å²) in [6, 6.07) is 7.06. The van der Waals surface area contributed by atoms with E-state index in [1.807, 2.05) is 12.1 Å². The molecule has 88 valence electrons. The van der Waals surface area contributed by atoms with Crippen molar-refractivity contribution in [3.05, 3.63) is 49.8 Å². The molecule has 0 bridgehead atoms. The van der Waals surface area contributed by atoms with E-state index in [0.29, 0.717) is 16.7 Å². The smallest absolute Gasteiger partial charge is 0.251 e. The average Bonchev–Trinajstić information content (AvgIpc) is 2.72. The summed E-state index contributed by atoms with van der Waals surface area (Å²) < 4.78 is 1.37. The standard InChI is InChI=1S/C11H8BrClN2OS/c12-9-5-7(3-4-14-9)11(16)15-6-8-1-2-10(13)17-8/h1-5H,6H2,(H,15,16). The number of amides is 1. The second-order valence-corrected chi connectivity index (χ2v) is 5.87. The van der Waals surface area contributed by atoms with Crippen molar-refractivity contribution in [2.75, 3.05) is 0 Å². The Bertz CT molecular complexity index is 544. The van der Waals surface area contributed by atoms with Gasteiger partial charge in [0.05, 0.1) is 10.9 Å². The Morgan fingerprint density at radius 2 is 2.29 bits per heavy atom. The third-order valence-corrected chi connectivity index (χ3v) is 3.71. The Kier molecular flexibility index (Phi) is 4.15. The van der Waals surface area contributed by atoms with Crippen LogP contribution in [0.1, 0.15) is 15.2 Å². The summed E-state index contributed by atoms with van der Waals surface area (Å²) >= 11 is 10.5. The van der Waals surface area contributed by atoms with Gasteiger partial charge in [-0.15, -0.1) is 11.3 Å². The van der Waals surface area contributed by atoms with Gasteiger partial charge in [-0.1, -0.05) is 11.6 Å². The summed E-state index contributed by atoms with van der Waals surface area (Å²) in [4.78, 5) is 16.8. The Morgan fingerprint density at radius 3 is 2.94 bits per heavy atom. The molecule has 2 aromatic rings. The normalized spacial score (nSPS) is 10.2. The van der Waals surface area contributed by atoms with Gasteiger partial charge >= 0.3 is 0 Å². The highest BCUT2D eigenvalue weighted by molar-refractivity contribution is 9.10. The van der Waals surface area contributed by atoms with E-state index in [1.54, 1.807) is 18.3 Å². The fourth-order valence-corrected chi connectivity index (χ4v) is 2.65. The molecular weight excluding hydrogens is 324 g/mol. The minimum atomic E-state index is -0.127. The molecule has 2 rings (SSSR count). The molecular formula is C11H8BrClN2OS. The number of aromatic nitrogens is 1. The molecule has 0 aliphatic heterocycles. The molecule has 1 N–H and O–H groups in total. The second kappa shape index (κ2) is 5.62. The highest BCUT2D eigenvalue weighted by atomic mass is 79.9. The molecule has 0 aromatic carbocycles. The quantitative estimate of drug-likeness (QED) is 0.875. The van der Waals surface area contributed by atoms with Crippen molar-refractivity contribution in [3.8, 4) is 0 Å². The first kappa shape index (κ1) is 12.5. The first-order valence-electron chi connectivity index (χ1n) is 4.79. The predicted octanol–water partition coefficient (Wildman–Crippen LogP) is 3.49. The van der Waals surface area contributed by atoms with Crippen LogP contribution in [-0.4, -0.2) is 10.9 Å². The van der Waals surface area contributed by atoms with Crippen LogP contribution in [0, 0.1) is 0 Å². The molecule has 0 aliphatic carbocycles. The van der Waals surface area contributed by atoms with Crippen LogP contribution in [0.4, 0.5) is 0 Å². The van der Waals surface area contributed by atoms with Crippen LogP contribution in [0.5, 0.6) is 0 Å². The van der Waals surface area contributed by atoms with Crippen molar-refractivity contribution in [1.82, 2.24) is 10.3 Å². The van der Waals surface area contributed by atoms with E-state index >= 15 is 0 Å². The molecule has 0 unspecified atom stereocenters. The molecule has 2 heterocycles. The van der Waals surface area contributed by atoms with E-state index in [9.17, 15) is 4.79 Å². The lowest BCUT2D eigenvalue weighted by Gasteiger charge is -2.03. The van der Waals surface area contributed by atoms with Gasteiger partial charge in [0.2, 0.25) is 0 Å². The van der Waals surface area contributed by atoms with Gasteiger partial charge in [-0.05, 0) is 40.2 Å². The van der Waals surface area contributed by atoms with Crippen molar-refractivity contribution in [1.29, 1.82) is 0 Å². The zero-order valence-corrected chi connectivity index (χ0v) is 11.8. The molecule has 0 spiro atoms. The minimum Gasteiger partial charge on any atom is -0.347 e. The number of nitrogens with zero attached hydrogens (tertiary/aromatic N) is 1. The third-order valence-electron chi connectivity index (χ3n) is 2.04. The van der Waals surface area contributed by atoms with Gasteiger partial charge in [0.25, 0.3) is 5.91 Å². The van der Waals surface area contributed by atoms with E-state index in [4.69, 9.17) is 11.6 Å². The molecule has 2 aromatic heterocycles. The monoisotopic (exact) mass is 330 g/mol. The highest BCUT2D eigenvalue weighted by Gasteiger charge is 2.06. The van der Waals surface area contributed by atoms with E-state index in [1.165, 1.54) is 11.3 Å². The topological polar surface area (TPSA) is 42.0 Å². The number of rotatable bonds is 3. The third kappa shape index (κ3) is 3.52. The average molecular weight is 332 g/mol. The molecule has 3 nitrogen and oxygen atoms in total.